The Morgan fingerprint density at radius 1 is 0.296 bits per heavy atom. The second kappa shape index (κ2) is 59.4. The Kier molecular flexibility index (Phi) is 56.8. The number of hydrogen-bond acceptors (Lipinski definition) is 6. The van der Waals surface area contributed by atoms with Crippen LogP contribution in [-0.4, -0.2) is 37.2 Å². The summed E-state index contributed by atoms with van der Waals surface area (Å²) >= 11 is 0. The van der Waals surface area contributed by atoms with Crippen molar-refractivity contribution in [2.75, 3.05) is 13.2 Å². The van der Waals surface area contributed by atoms with E-state index >= 15 is 0 Å². The lowest BCUT2D eigenvalue weighted by Crippen LogP contribution is -2.30. The third-order valence-electron chi connectivity index (χ3n) is 13.2. The first-order valence-electron chi connectivity index (χ1n) is 30.4. The molecule has 0 spiro atoms. The predicted molar refractivity (Wildman–Crippen MR) is 307 cm³/mol. The van der Waals surface area contributed by atoms with Crippen LogP contribution in [0.5, 0.6) is 0 Å². The molecule has 0 saturated heterocycles. The van der Waals surface area contributed by atoms with E-state index in [-0.39, 0.29) is 37.5 Å². The minimum atomic E-state index is -0.803. The normalized spacial score (nSPS) is 12.5. The van der Waals surface area contributed by atoms with Crippen LogP contribution in [0.4, 0.5) is 0 Å². The number of unbranched alkanes of at least 4 members (excludes halogenated alkanes) is 32. The monoisotopic (exact) mass is 991 g/mol. The first-order valence-corrected chi connectivity index (χ1v) is 30.4. The van der Waals surface area contributed by atoms with Crippen LogP contribution in [0.25, 0.3) is 0 Å². The van der Waals surface area contributed by atoms with Gasteiger partial charge in [0.15, 0.2) is 6.10 Å². The standard InChI is InChI=1S/C65H114O6/c1-4-7-10-13-16-19-22-25-28-30-32-34-37-40-43-46-49-52-55-58-64(67)70-61-62(60-69-63(66)57-54-51-48-45-42-39-36-27-24-21-18-15-12-9-6-3)71-65(68)59-56-53-50-47-44-41-38-35-33-31-29-26-23-20-17-14-11-8-5-2/h7,10,16,19,25,28,32,34,40,43,49,52,62H,4-6,8-9,11-15,17-18,20-24,26-27,29-31,33,35-39,41-42,44-48,50-51,53-61H2,1-3H3/b10-7-,19-16-,28-25-,34-32-,43-40-,52-49-. The molecule has 6 heteroatoms. The molecule has 71 heavy (non-hydrogen) atoms. The van der Waals surface area contributed by atoms with Gasteiger partial charge in [-0.1, -0.05) is 299 Å². The molecule has 0 aliphatic carbocycles. The Morgan fingerprint density at radius 3 is 0.859 bits per heavy atom. The summed E-state index contributed by atoms with van der Waals surface area (Å²) in [4.78, 5) is 38.2. The second-order valence-corrected chi connectivity index (χ2v) is 20.2. The fraction of sp³-hybridized carbons (Fsp3) is 0.769. The summed E-state index contributed by atoms with van der Waals surface area (Å²) in [6.07, 6.45) is 76.2. The predicted octanol–water partition coefficient (Wildman–Crippen LogP) is 20.5. The number of carbonyl (C=O) groups excluding carboxylic acids is 3. The Labute approximate surface area is 440 Å². The van der Waals surface area contributed by atoms with Gasteiger partial charge in [-0.05, 0) is 57.8 Å². The van der Waals surface area contributed by atoms with Crippen molar-refractivity contribution in [3.8, 4) is 0 Å². The molecule has 0 saturated carbocycles. The van der Waals surface area contributed by atoms with E-state index in [2.05, 4.69) is 87.6 Å². The summed E-state index contributed by atoms with van der Waals surface area (Å²) < 4.78 is 16.8. The Bertz CT molecular complexity index is 1320. The van der Waals surface area contributed by atoms with E-state index in [1.165, 1.54) is 180 Å². The van der Waals surface area contributed by atoms with Crippen molar-refractivity contribution in [3.05, 3.63) is 72.9 Å². The van der Waals surface area contributed by atoms with Crippen molar-refractivity contribution in [3.63, 3.8) is 0 Å². The van der Waals surface area contributed by atoms with Crippen molar-refractivity contribution in [1.29, 1.82) is 0 Å². The molecule has 0 aromatic carbocycles. The average molecular weight is 992 g/mol. The zero-order valence-corrected chi connectivity index (χ0v) is 47.0. The summed E-state index contributed by atoms with van der Waals surface area (Å²) in [5, 5.41) is 0. The van der Waals surface area contributed by atoms with Gasteiger partial charge >= 0.3 is 17.9 Å². The van der Waals surface area contributed by atoms with Gasteiger partial charge in [-0.3, -0.25) is 14.4 Å². The minimum absolute atomic E-state index is 0.0943. The molecule has 0 aliphatic heterocycles. The van der Waals surface area contributed by atoms with E-state index in [0.29, 0.717) is 19.3 Å². The SMILES string of the molecule is CC/C=C\C/C=C\C/C=C\C/C=C\C/C=C\C/C=C\CCC(=O)OCC(COC(=O)CCCCCCCCCCCCCCCCC)OC(=O)CCCCCCCCCCCCCCCCCCCCC. The highest BCUT2D eigenvalue weighted by atomic mass is 16.6. The maximum absolute atomic E-state index is 12.9. The molecule has 410 valence electrons. The van der Waals surface area contributed by atoms with Gasteiger partial charge in [0, 0.05) is 19.3 Å². The van der Waals surface area contributed by atoms with E-state index in [4.69, 9.17) is 14.2 Å². The molecule has 0 bridgehead atoms. The van der Waals surface area contributed by atoms with Gasteiger partial charge in [0.05, 0.1) is 0 Å². The van der Waals surface area contributed by atoms with Gasteiger partial charge in [0.25, 0.3) is 0 Å². The van der Waals surface area contributed by atoms with Crippen LogP contribution in [0.3, 0.4) is 0 Å². The van der Waals surface area contributed by atoms with Crippen LogP contribution in [-0.2, 0) is 28.6 Å². The molecule has 0 aliphatic rings. The van der Waals surface area contributed by atoms with Crippen LogP contribution in [0.2, 0.25) is 0 Å². The molecule has 0 rings (SSSR count). The largest absolute Gasteiger partial charge is 0.462 e. The zero-order valence-electron chi connectivity index (χ0n) is 47.0. The van der Waals surface area contributed by atoms with Crippen LogP contribution < -0.4 is 0 Å². The molecule has 0 N–H and O–H groups in total. The Balaban J connectivity index is 4.44. The molecule has 0 heterocycles. The highest BCUT2D eigenvalue weighted by Crippen LogP contribution is 2.17. The van der Waals surface area contributed by atoms with E-state index in [9.17, 15) is 14.4 Å². The number of ether oxygens (including phenoxy) is 3. The Morgan fingerprint density at radius 2 is 0.549 bits per heavy atom. The first-order chi connectivity index (χ1) is 35.0. The van der Waals surface area contributed by atoms with E-state index < -0.39 is 6.10 Å². The summed E-state index contributed by atoms with van der Waals surface area (Å²) in [6, 6.07) is 0. The zero-order chi connectivity index (χ0) is 51.4. The van der Waals surface area contributed by atoms with Gasteiger partial charge in [0.2, 0.25) is 0 Å². The van der Waals surface area contributed by atoms with E-state index in [1.54, 1.807) is 0 Å². The number of rotatable bonds is 55. The third-order valence-corrected chi connectivity index (χ3v) is 13.2. The molecule has 6 nitrogen and oxygen atoms in total. The van der Waals surface area contributed by atoms with Crippen molar-refractivity contribution in [2.45, 2.75) is 309 Å². The fourth-order valence-electron chi connectivity index (χ4n) is 8.71. The van der Waals surface area contributed by atoms with Crippen molar-refractivity contribution in [1.82, 2.24) is 0 Å². The summed E-state index contributed by atoms with van der Waals surface area (Å²) in [7, 11) is 0. The Hall–Kier alpha value is -3.15. The van der Waals surface area contributed by atoms with Gasteiger partial charge in [0.1, 0.15) is 13.2 Å². The van der Waals surface area contributed by atoms with E-state index in [1.807, 2.05) is 6.08 Å². The molecule has 0 radical (unpaired) electrons. The van der Waals surface area contributed by atoms with Crippen LogP contribution in [0.1, 0.15) is 303 Å². The molecule has 0 amide bonds. The summed E-state index contributed by atoms with van der Waals surface area (Å²) in [5.41, 5.74) is 0. The van der Waals surface area contributed by atoms with Gasteiger partial charge in [-0.2, -0.15) is 0 Å². The lowest BCUT2D eigenvalue weighted by atomic mass is 10.0. The smallest absolute Gasteiger partial charge is 0.306 e. The molecule has 0 fully saturated rings. The molecule has 0 aromatic heterocycles. The molecular weight excluding hydrogens is 877 g/mol. The molecule has 1 atom stereocenters. The number of allylic oxidation sites excluding steroid dienone is 12. The topological polar surface area (TPSA) is 78.9 Å². The maximum Gasteiger partial charge on any atom is 0.306 e. The van der Waals surface area contributed by atoms with Crippen LogP contribution in [0.15, 0.2) is 72.9 Å². The molecular formula is C65H114O6. The fourth-order valence-corrected chi connectivity index (χ4v) is 8.71. The van der Waals surface area contributed by atoms with E-state index in [0.717, 1.165) is 77.0 Å². The van der Waals surface area contributed by atoms with Crippen molar-refractivity contribution < 1.29 is 28.6 Å². The first kappa shape index (κ1) is 67.8. The molecule has 0 aromatic rings. The van der Waals surface area contributed by atoms with Gasteiger partial charge in [-0.25, -0.2) is 0 Å². The summed E-state index contributed by atoms with van der Waals surface area (Å²) in [6.45, 7) is 6.50. The van der Waals surface area contributed by atoms with Crippen molar-refractivity contribution in [2.24, 2.45) is 0 Å². The van der Waals surface area contributed by atoms with Crippen molar-refractivity contribution >= 4 is 17.9 Å². The van der Waals surface area contributed by atoms with Gasteiger partial charge < -0.3 is 14.2 Å². The highest BCUT2D eigenvalue weighted by Gasteiger charge is 2.19. The lowest BCUT2D eigenvalue weighted by Gasteiger charge is -2.18. The van der Waals surface area contributed by atoms with Crippen LogP contribution in [0, 0.1) is 0 Å². The van der Waals surface area contributed by atoms with Crippen LogP contribution >= 0.6 is 0 Å². The third kappa shape index (κ3) is 57.6. The maximum atomic E-state index is 12.9. The summed E-state index contributed by atoms with van der Waals surface area (Å²) in [5.74, 6) is -0.966. The number of esters is 3. The average Bonchev–Trinajstić information content (AvgIpc) is 3.37. The number of hydrogen-bond donors (Lipinski definition) is 0. The minimum Gasteiger partial charge on any atom is -0.462 e. The second-order valence-electron chi connectivity index (χ2n) is 20.2. The lowest BCUT2D eigenvalue weighted by molar-refractivity contribution is -0.166. The highest BCUT2D eigenvalue weighted by molar-refractivity contribution is 5.71. The quantitative estimate of drug-likeness (QED) is 0.0261. The number of carbonyl (C=O) groups is 3. The van der Waals surface area contributed by atoms with Gasteiger partial charge in [-0.15, -0.1) is 0 Å². The molecule has 1 unspecified atom stereocenters.